The highest BCUT2D eigenvalue weighted by Gasteiger charge is 2.17. The molecule has 0 aliphatic rings. The summed E-state index contributed by atoms with van der Waals surface area (Å²) < 4.78 is 27.4. The number of aryl methyl sites for hydroxylation is 2. The van der Waals surface area contributed by atoms with Gasteiger partial charge in [0.2, 0.25) is 21.6 Å². The van der Waals surface area contributed by atoms with Crippen LogP contribution in [0.1, 0.15) is 52.7 Å². The summed E-state index contributed by atoms with van der Waals surface area (Å²) in [4.78, 5) is 35.2. The van der Waals surface area contributed by atoms with Crippen molar-refractivity contribution < 1.29 is 18.0 Å². The molecule has 10 nitrogen and oxygen atoms in total. The summed E-state index contributed by atoms with van der Waals surface area (Å²) in [5.41, 5.74) is 12.4. The number of aromatic nitrogens is 2. The van der Waals surface area contributed by atoms with E-state index in [9.17, 15) is 18.0 Å². The molecular weight excluding hydrogens is 784 g/mol. The highest BCUT2D eigenvalue weighted by atomic mass is 35.5. The summed E-state index contributed by atoms with van der Waals surface area (Å²) in [6, 6.07) is 36.2. The number of hydrogen-bond acceptors (Lipinski definition) is 11. The number of anilines is 4. The van der Waals surface area contributed by atoms with E-state index < -0.39 is 10.0 Å². The summed E-state index contributed by atoms with van der Waals surface area (Å²) in [6.07, 6.45) is 3.19. The van der Waals surface area contributed by atoms with Gasteiger partial charge in [0.25, 0.3) is 0 Å². The minimum absolute atomic E-state index is 0.00660. The van der Waals surface area contributed by atoms with Crippen LogP contribution in [0.3, 0.4) is 0 Å². The van der Waals surface area contributed by atoms with Gasteiger partial charge in [0.15, 0.2) is 10.3 Å². The van der Waals surface area contributed by atoms with E-state index in [4.69, 9.17) is 17.3 Å². The lowest BCUT2D eigenvalue weighted by molar-refractivity contribution is 0.103. The van der Waals surface area contributed by atoms with Crippen molar-refractivity contribution in [1.29, 1.82) is 0 Å². The van der Waals surface area contributed by atoms with Crippen molar-refractivity contribution in [1.82, 2.24) is 14.7 Å². The quantitative estimate of drug-likeness (QED) is 0.0833. The Bertz CT molecular complexity index is 2560. The lowest BCUT2D eigenvalue weighted by Crippen LogP contribution is -2.23. The van der Waals surface area contributed by atoms with Gasteiger partial charge in [-0.25, -0.2) is 23.1 Å². The summed E-state index contributed by atoms with van der Waals surface area (Å²) in [5.74, 6) is -0.0471. The van der Waals surface area contributed by atoms with Crippen LogP contribution in [0.25, 0.3) is 0 Å². The lowest BCUT2D eigenvalue weighted by atomic mass is 10.0. The van der Waals surface area contributed by atoms with Crippen LogP contribution in [0.15, 0.2) is 139 Å². The Kier molecular flexibility index (Phi) is 13.2. The van der Waals surface area contributed by atoms with Gasteiger partial charge in [-0.05, 0) is 84.6 Å². The predicted molar refractivity (Wildman–Crippen MR) is 226 cm³/mol. The van der Waals surface area contributed by atoms with Gasteiger partial charge in [-0.2, -0.15) is 0 Å². The zero-order valence-electron chi connectivity index (χ0n) is 30.3. The van der Waals surface area contributed by atoms with Crippen LogP contribution in [0.5, 0.6) is 0 Å². The maximum Gasteiger partial charge on any atom is 0.240 e. The minimum Gasteiger partial charge on any atom is -0.332 e. The molecule has 5 N–H and O–H groups in total. The molecule has 7 aromatic rings. The number of nitrogens with one attached hydrogen (secondary N) is 3. The van der Waals surface area contributed by atoms with Gasteiger partial charge < -0.3 is 16.4 Å². The van der Waals surface area contributed by atoms with Crippen molar-refractivity contribution in [3.63, 3.8) is 0 Å². The van der Waals surface area contributed by atoms with Crippen molar-refractivity contribution in [3.05, 3.63) is 182 Å². The molecule has 0 aliphatic carbocycles. The van der Waals surface area contributed by atoms with Gasteiger partial charge in [-0.3, -0.25) is 9.59 Å². The van der Waals surface area contributed by atoms with Crippen molar-refractivity contribution >= 4 is 77.5 Å². The summed E-state index contributed by atoms with van der Waals surface area (Å²) in [5, 5.41) is 8.16. The minimum atomic E-state index is -3.63. The molecule has 0 bridgehead atoms. The van der Waals surface area contributed by atoms with Crippen LogP contribution in [0.2, 0.25) is 5.02 Å². The van der Waals surface area contributed by atoms with Gasteiger partial charge in [0, 0.05) is 40.6 Å². The number of halogens is 1. The fourth-order valence-corrected chi connectivity index (χ4v) is 8.07. The first-order valence-corrected chi connectivity index (χ1v) is 20.8. The second kappa shape index (κ2) is 18.4. The van der Waals surface area contributed by atoms with E-state index >= 15 is 0 Å². The smallest absolute Gasteiger partial charge is 0.240 e. The number of carbonyl (C=O) groups is 2. The van der Waals surface area contributed by atoms with E-state index in [1.807, 2.05) is 111 Å². The molecule has 0 saturated heterocycles. The molecule has 14 heteroatoms. The molecule has 0 fully saturated rings. The third-order valence-corrected chi connectivity index (χ3v) is 12.0. The molecule has 0 spiro atoms. The van der Waals surface area contributed by atoms with Crippen LogP contribution in [0.4, 0.5) is 21.6 Å². The van der Waals surface area contributed by atoms with Gasteiger partial charge in [-0.15, -0.1) is 0 Å². The van der Waals surface area contributed by atoms with E-state index in [1.165, 1.54) is 46.9 Å². The Balaban J connectivity index is 0.000000202. The van der Waals surface area contributed by atoms with Crippen LogP contribution in [0, 0.1) is 13.8 Å². The van der Waals surface area contributed by atoms with E-state index in [0.717, 1.165) is 39.2 Å². The number of rotatable bonds is 13. The Labute approximate surface area is 338 Å². The zero-order chi connectivity index (χ0) is 39.7. The maximum atomic E-state index is 12.7. The Morgan fingerprint density at radius 2 is 1.09 bits per heavy atom. The fourth-order valence-electron chi connectivity index (χ4n) is 5.35. The number of benzene rings is 5. The highest BCUT2D eigenvalue weighted by molar-refractivity contribution is 7.89. The van der Waals surface area contributed by atoms with Crippen molar-refractivity contribution in [2.75, 3.05) is 10.6 Å². The van der Waals surface area contributed by atoms with Gasteiger partial charge in [0.1, 0.15) is 0 Å². The lowest BCUT2D eigenvalue weighted by Gasteiger charge is -2.08. The number of nitrogens with two attached hydrogens (primary N) is 1. The monoisotopic (exact) mass is 820 g/mol. The van der Waals surface area contributed by atoms with Crippen molar-refractivity contribution in [2.24, 2.45) is 5.73 Å². The molecule has 7 rings (SSSR count). The molecule has 284 valence electrons. The van der Waals surface area contributed by atoms with E-state index in [1.54, 1.807) is 12.4 Å². The van der Waals surface area contributed by atoms with Crippen LogP contribution in [-0.2, 0) is 23.1 Å². The summed E-state index contributed by atoms with van der Waals surface area (Å²) in [7, 11) is -3.63. The molecular formula is C42H37ClN6O4S3. The first kappa shape index (κ1) is 40.1. The number of thiazole rings is 2. The number of ketones is 2. The Morgan fingerprint density at radius 1 is 0.643 bits per heavy atom. The first-order valence-electron chi connectivity index (χ1n) is 17.3. The van der Waals surface area contributed by atoms with Crippen LogP contribution >= 0.6 is 34.3 Å². The average molecular weight is 821 g/mol. The molecule has 5 aromatic carbocycles. The topological polar surface area (TPSA) is 156 Å². The molecule has 0 saturated carbocycles. The van der Waals surface area contributed by atoms with E-state index in [2.05, 4.69) is 25.3 Å². The molecule has 2 aromatic heterocycles. The molecule has 0 unspecified atom stereocenters. The second-order valence-electron chi connectivity index (χ2n) is 12.5. The van der Waals surface area contributed by atoms with Gasteiger partial charge in [0.05, 0.1) is 27.0 Å². The normalized spacial score (nSPS) is 11.0. The Morgan fingerprint density at radius 3 is 1.54 bits per heavy atom. The average Bonchev–Trinajstić information content (AvgIpc) is 3.88. The standard InChI is InChI=1S/C24H20ClN3O3S2.C18H17N3OS/c1-16-4-2-3-5-21(16)23(29)22-15-26-24(32-22)28-19-10-6-17(7-11-19)14-27-33(30,31)20-12-8-18(25)9-13-20;1-12-4-2-3-5-15(12)17(22)16-11-20-18(23-16)21-14-8-6-13(10-19)7-9-14/h2-13,15,27H,14H2,1H3,(H,26,28);2-9,11H,10,19H2,1H3,(H,20,21). The maximum absolute atomic E-state index is 12.7. The van der Waals surface area contributed by atoms with E-state index in [-0.39, 0.29) is 23.0 Å². The largest absolute Gasteiger partial charge is 0.332 e. The van der Waals surface area contributed by atoms with Crippen LogP contribution < -0.4 is 21.1 Å². The molecule has 0 atom stereocenters. The molecule has 0 aliphatic heterocycles. The fraction of sp³-hybridized carbons (Fsp3) is 0.0952. The first-order chi connectivity index (χ1) is 27.0. The van der Waals surface area contributed by atoms with Crippen molar-refractivity contribution in [3.8, 4) is 0 Å². The van der Waals surface area contributed by atoms with E-state index in [0.29, 0.717) is 37.1 Å². The third-order valence-electron chi connectivity index (χ3n) is 8.47. The zero-order valence-corrected chi connectivity index (χ0v) is 33.5. The molecule has 0 amide bonds. The van der Waals surface area contributed by atoms with Crippen molar-refractivity contribution in [2.45, 2.75) is 31.8 Å². The molecule has 0 radical (unpaired) electrons. The second-order valence-corrected chi connectivity index (χ2v) is 16.7. The number of nitrogens with zero attached hydrogens (tertiary/aromatic N) is 2. The number of sulfonamides is 1. The number of hydrogen-bond donors (Lipinski definition) is 4. The number of carbonyl (C=O) groups excluding carboxylic acids is 2. The molecule has 2 heterocycles. The van der Waals surface area contributed by atoms with Gasteiger partial charge >= 0.3 is 0 Å². The van der Waals surface area contributed by atoms with Crippen LogP contribution in [-0.4, -0.2) is 30.0 Å². The Hall–Kier alpha value is -5.54. The molecule has 56 heavy (non-hydrogen) atoms. The summed E-state index contributed by atoms with van der Waals surface area (Å²) >= 11 is 8.45. The predicted octanol–water partition coefficient (Wildman–Crippen LogP) is 9.44. The third kappa shape index (κ3) is 10.4. The van der Waals surface area contributed by atoms with Gasteiger partial charge in [-0.1, -0.05) is 107 Å². The SMILES string of the molecule is Cc1ccccc1C(=O)c1cnc(Nc2ccc(CN)cc2)s1.Cc1ccccc1C(=O)c1cnc(Nc2ccc(CNS(=O)(=O)c3ccc(Cl)cc3)cc2)s1. The summed E-state index contributed by atoms with van der Waals surface area (Å²) in [6.45, 7) is 4.52. The highest BCUT2D eigenvalue weighted by Crippen LogP contribution is 2.27.